The van der Waals surface area contributed by atoms with Gasteiger partial charge in [0, 0.05) is 11.3 Å². The van der Waals surface area contributed by atoms with Crippen LogP contribution in [0.1, 0.15) is 79.3 Å². The van der Waals surface area contributed by atoms with Gasteiger partial charge in [0.15, 0.2) is 0 Å². The van der Waals surface area contributed by atoms with Crippen molar-refractivity contribution >= 4 is 17.3 Å². The molecule has 1 aromatic rings. The van der Waals surface area contributed by atoms with Gasteiger partial charge < -0.3 is 14.7 Å². The Balaban J connectivity index is 1.50. The number of hydrogen-bond donors (Lipinski definition) is 1. The molecule has 0 radical (unpaired) electrons. The van der Waals surface area contributed by atoms with E-state index in [2.05, 4.69) is 23.9 Å². The third-order valence-corrected chi connectivity index (χ3v) is 8.64. The molecule has 4 nitrogen and oxygen atoms in total. The first-order valence-corrected chi connectivity index (χ1v) is 12.2. The van der Waals surface area contributed by atoms with Crippen LogP contribution >= 0.6 is 11.3 Å². The summed E-state index contributed by atoms with van der Waals surface area (Å²) in [5.41, 5.74) is 0.141. The second kappa shape index (κ2) is 10.6. The van der Waals surface area contributed by atoms with Crippen molar-refractivity contribution in [2.45, 2.75) is 83.3 Å². The standard InChI is InChI=1S/C25H35NO3S/c1-4-25(16-7-17-25)23(27)11-6-10-20-18(12-14-21(20)26-2)8-5-9-19-13-15-22(30-19)24(28)29-3/h6,10,13,15,18,20-21,23,27H,4-5,7-9,11-12,14,16-17H2,1,3H3/t18-,20+,21-,23?/m0/s1. The van der Waals surface area contributed by atoms with Crippen molar-refractivity contribution in [1.82, 2.24) is 0 Å². The monoisotopic (exact) mass is 429 g/mol. The predicted molar refractivity (Wildman–Crippen MR) is 122 cm³/mol. The van der Waals surface area contributed by atoms with E-state index in [0.717, 1.165) is 51.4 Å². The highest BCUT2D eigenvalue weighted by Crippen LogP contribution is 2.48. The van der Waals surface area contributed by atoms with Gasteiger partial charge in [-0.15, -0.1) is 11.3 Å². The summed E-state index contributed by atoms with van der Waals surface area (Å²) in [6.45, 7) is 9.77. The van der Waals surface area contributed by atoms with Crippen molar-refractivity contribution in [3.05, 3.63) is 45.5 Å². The van der Waals surface area contributed by atoms with Crippen LogP contribution in [-0.2, 0) is 11.2 Å². The summed E-state index contributed by atoms with van der Waals surface area (Å²) in [7, 11) is 1.41. The minimum Gasteiger partial charge on any atom is -0.465 e. The summed E-state index contributed by atoms with van der Waals surface area (Å²) in [6, 6.07) is 3.95. The lowest BCUT2D eigenvalue weighted by Crippen LogP contribution is -2.40. The number of carbonyl (C=O) groups is 1. The van der Waals surface area contributed by atoms with E-state index < -0.39 is 0 Å². The van der Waals surface area contributed by atoms with E-state index in [-0.39, 0.29) is 23.5 Å². The van der Waals surface area contributed by atoms with E-state index in [1.54, 1.807) is 0 Å². The highest BCUT2D eigenvalue weighted by atomic mass is 32.1. The first-order chi connectivity index (χ1) is 14.5. The number of nitrogens with zero attached hydrogens (tertiary/aromatic N) is 1. The number of aliphatic hydroxyl groups excluding tert-OH is 1. The van der Waals surface area contributed by atoms with Crippen molar-refractivity contribution in [1.29, 1.82) is 0 Å². The minimum absolute atomic E-state index is 0.0832. The first-order valence-electron chi connectivity index (χ1n) is 11.4. The van der Waals surface area contributed by atoms with E-state index >= 15 is 0 Å². The molecular weight excluding hydrogens is 394 g/mol. The second-order valence-electron chi connectivity index (χ2n) is 9.01. The van der Waals surface area contributed by atoms with Crippen LogP contribution in [0.3, 0.4) is 0 Å². The van der Waals surface area contributed by atoms with Gasteiger partial charge in [-0.1, -0.05) is 25.5 Å². The first kappa shape index (κ1) is 23.0. The van der Waals surface area contributed by atoms with Gasteiger partial charge in [-0.25, -0.2) is 11.4 Å². The number of hydrogen-bond acceptors (Lipinski definition) is 4. The van der Waals surface area contributed by atoms with E-state index in [9.17, 15) is 9.90 Å². The van der Waals surface area contributed by atoms with Crippen LogP contribution in [0.5, 0.6) is 0 Å². The lowest BCUT2D eigenvalue weighted by molar-refractivity contribution is -0.0355. The molecule has 4 atom stereocenters. The van der Waals surface area contributed by atoms with Crippen LogP contribution in [0.25, 0.3) is 4.85 Å². The van der Waals surface area contributed by atoms with Crippen molar-refractivity contribution in [2.75, 3.05) is 7.11 Å². The Morgan fingerprint density at radius 3 is 2.87 bits per heavy atom. The lowest BCUT2D eigenvalue weighted by atomic mass is 9.63. The highest BCUT2D eigenvalue weighted by Gasteiger charge is 2.41. The Morgan fingerprint density at radius 2 is 2.23 bits per heavy atom. The number of thiophene rings is 1. The second-order valence-corrected chi connectivity index (χ2v) is 10.2. The average molecular weight is 430 g/mol. The van der Waals surface area contributed by atoms with Gasteiger partial charge >= 0.3 is 5.97 Å². The summed E-state index contributed by atoms with van der Waals surface area (Å²) in [6.07, 6.45) is 14.7. The van der Waals surface area contributed by atoms with E-state index in [1.165, 1.54) is 29.7 Å². The summed E-state index contributed by atoms with van der Waals surface area (Å²) in [5.74, 6) is 0.588. The van der Waals surface area contributed by atoms with Crippen molar-refractivity contribution in [3.63, 3.8) is 0 Å². The molecule has 2 fully saturated rings. The topological polar surface area (TPSA) is 50.9 Å². The largest absolute Gasteiger partial charge is 0.465 e. The molecule has 2 aliphatic carbocycles. The van der Waals surface area contributed by atoms with Crippen molar-refractivity contribution < 1.29 is 14.6 Å². The molecule has 0 aliphatic heterocycles. The fourth-order valence-electron chi connectivity index (χ4n) is 5.29. The predicted octanol–water partition coefficient (Wildman–Crippen LogP) is 6.06. The minimum atomic E-state index is -0.263. The SMILES string of the molecule is [C-]#[N+][C@H]1CC[C@H](CCCc2ccc(C(=O)OC)s2)[C@H]1C=CCC(O)C1(CC)CCC1. The molecule has 3 rings (SSSR count). The molecule has 30 heavy (non-hydrogen) atoms. The number of esters is 1. The fourth-order valence-corrected chi connectivity index (χ4v) is 6.25. The summed E-state index contributed by atoms with van der Waals surface area (Å²) >= 11 is 1.52. The summed E-state index contributed by atoms with van der Waals surface area (Å²) in [4.78, 5) is 17.4. The molecular formula is C25H35NO3S. The Kier molecular flexibility index (Phi) is 8.13. The van der Waals surface area contributed by atoms with E-state index in [0.29, 0.717) is 23.1 Å². The molecule has 2 aliphatic rings. The molecule has 1 heterocycles. The normalized spacial score (nSPS) is 26.3. The maximum atomic E-state index is 11.6. The van der Waals surface area contributed by atoms with Gasteiger partial charge in [-0.05, 0) is 74.8 Å². The van der Waals surface area contributed by atoms with Gasteiger partial charge in [0.2, 0.25) is 6.04 Å². The third-order valence-electron chi connectivity index (χ3n) is 7.51. The van der Waals surface area contributed by atoms with Crippen molar-refractivity contribution in [3.8, 4) is 0 Å². The van der Waals surface area contributed by atoms with Gasteiger partial charge in [0.1, 0.15) is 4.88 Å². The summed E-state index contributed by atoms with van der Waals surface area (Å²) < 4.78 is 4.78. The fraction of sp³-hybridized carbons (Fsp3) is 0.680. The molecule has 0 amide bonds. The third kappa shape index (κ3) is 5.15. The van der Waals surface area contributed by atoms with Gasteiger partial charge in [-0.3, -0.25) is 0 Å². The zero-order valence-electron chi connectivity index (χ0n) is 18.3. The average Bonchev–Trinajstić information content (AvgIpc) is 3.34. The molecule has 1 unspecified atom stereocenters. The highest BCUT2D eigenvalue weighted by molar-refractivity contribution is 7.13. The maximum Gasteiger partial charge on any atom is 0.348 e. The molecule has 1 N–H and O–H groups in total. The zero-order chi connectivity index (χ0) is 21.6. The molecule has 0 aromatic carbocycles. The molecule has 0 saturated heterocycles. The Morgan fingerprint density at radius 1 is 1.43 bits per heavy atom. The van der Waals surface area contributed by atoms with Crippen LogP contribution in [0, 0.1) is 23.8 Å². The smallest absolute Gasteiger partial charge is 0.348 e. The van der Waals surface area contributed by atoms with E-state index in [4.69, 9.17) is 11.3 Å². The molecule has 1 aromatic heterocycles. The number of ether oxygens (including phenoxy) is 1. The maximum absolute atomic E-state index is 11.6. The molecule has 164 valence electrons. The van der Waals surface area contributed by atoms with Crippen LogP contribution in [-0.4, -0.2) is 30.3 Å². The molecule has 2 saturated carbocycles. The van der Waals surface area contributed by atoms with Crippen LogP contribution in [0.15, 0.2) is 24.3 Å². The van der Waals surface area contributed by atoms with Crippen LogP contribution in [0.4, 0.5) is 0 Å². The lowest BCUT2D eigenvalue weighted by Gasteiger charge is -2.45. The summed E-state index contributed by atoms with van der Waals surface area (Å²) in [5, 5.41) is 10.7. The Labute approximate surface area is 185 Å². The van der Waals surface area contributed by atoms with Gasteiger partial charge in [-0.2, -0.15) is 0 Å². The molecule has 0 spiro atoms. The number of methoxy groups -OCH3 is 1. The number of aliphatic hydroxyl groups is 1. The number of rotatable bonds is 10. The number of aryl methyl sites for hydroxylation is 1. The van der Waals surface area contributed by atoms with Gasteiger partial charge in [0.05, 0.1) is 19.1 Å². The van der Waals surface area contributed by atoms with E-state index in [1.807, 2.05) is 12.1 Å². The van der Waals surface area contributed by atoms with Gasteiger partial charge in [0.25, 0.3) is 0 Å². The molecule has 5 heteroatoms. The zero-order valence-corrected chi connectivity index (χ0v) is 19.1. The van der Waals surface area contributed by atoms with Crippen LogP contribution < -0.4 is 0 Å². The Hall–Kier alpha value is -1.64. The number of carbonyl (C=O) groups excluding carboxylic acids is 1. The quantitative estimate of drug-likeness (QED) is 0.279. The molecule has 0 bridgehead atoms. The Bertz CT molecular complexity index is 768. The van der Waals surface area contributed by atoms with Crippen LogP contribution in [0.2, 0.25) is 0 Å². The van der Waals surface area contributed by atoms with Crippen molar-refractivity contribution in [2.24, 2.45) is 17.3 Å².